The SMILES string of the molecule is Cc1c(OC(=O)C(F)(F)F)cc(S(=O)(=O)NC23COC(C#N)(C2)C3)cc1-c1cnc2c(N)nc(C(F)(F)F)cn12. The van der Waals surface area contributed by atoms with Crippen molar-refractivity contribution in [1.29, 1.82) is 5.26 Å². The lowest BCUT2D eigenvalue weighted by molar-refractivity contribution is -0.189. The number of fused-ring (bicyclic) bond motifs is 2. The van der Waals surface area contributed by atoms with Crippen LogP contribution in [0.2, 0.25) is 0 Å². The van der Waals surface area contributed by atoms with Crippen molar-refractivity contribution in [2.45, 2.75) is 48.2 Å². The molecule has 4 heterocycles. The van der Waals surface area contributed by atoms with Crippen molar-refractivity contribution in [3.05, 3.63) is 35.8 Å². The predicted molar refractivity (Wildman–Crippen MR) is 121 cm³/mol. The maximum atomic E-state index is 13.4. The van der Waals surface area contributed by atoms with Crippen LogP contribution in [0.3, 0.4) is 0 Å². The molecule has 0 atom stereocenters. The molecular formula is C22H16F6N6O5S. The van der Waals surface area contributed by atoms with Crippen molar-refractivity contribution in [2.24, 2.45) is 0 Å². The zero-order valence-corrected chi connectivity index (χ0v) is 20.8. The number of nitrogen functional groups attached to an aromatic ring is 1. The lowest BCUT2D eigenvalue weighted by atomic mass is 9.70. The van der Waals surface area contributed by atoms with Crippen LogP contribution in [0.1, 0.15) is 24.1 Å². The number of alkyl halides is 6. The van der Waals surface area contributed by atoms with Crippen molar-refractivity contribution < 1.29 is 49.0 Å². The topological polar surface area (TPSA) is 162 Å². The Morgan fingerprint density at radius 1 is 1.25 bits per heavy atom. The number of nitrogens with zero attached hydrogens (tertiary/aromatic N) is 4. The van der Waals surface area contributed by atoms with Crippen LogP contribution < -0.4 is 15.2 Å². The fourth-order valence-electron chi connectivity index (χ4n) is 4.77. The summed E-state index contributed by atoms with van der Waals surface area (Å²) >= 11 is 0. The van der Waals surface area contributed by atoms with E-state index in [1.807, 2.05) is 6.07 Å². The van der Waals surface area contributed by atoms with E-state index in [4.69, 9.17) is 10.5 Å². The van der Waals surface area contributed by atoms with E-state index in [-0.39, 0.29) is 41.9 Å². The molecule has 1 aromatic carbocycles. The molecule has 0 radical (unpaired) electrons. The Morgan fingerprint density at radius 2 is 1.93 bits per heavy atom. The number of nitriles is 1. The summed E-state index contributed by atoms with van der Waals surface area (Å²) < 4.78 is 119. The number of imidazole rings is 1. The molecule has 0 spiro atoms. The van der Waals surface area contributed by atoms with E-state index in [1.54, 1.807) is 0 Å². The third-order valence-corrected chi connectivity index (χ3v) is 8.15. The molecular weight excluding hydrogens is 574 g/mol. The van der Waals surface area contributed by atoms with Crippen LogP contribution >= 0.6 is 0 Å². The molecule has 1 saturated carbocycles. The van der Waals surface area contributed by atoms with Gasteiger partial charge in [0, 0.05) is 36.2 Å². The number of nitrogens with one attached hydrogen (secondary N) is 1. The van der Waals surface area contributed by atoms with Crippen molar-refractivity contribution in [1.82, 2.24) is 19.1 Å². The van der Waals surface area contributed by atoms with Gasteiger partial charge in [0.2, 0.25) is 10.0 Å². The average Bonchev–Trinajstić information content (AvgIpc) is 3.50. The number of esters is 1. The third kappa shape index (κ3) is 4.49. The molecule has 2 aliphatic heterocycles. The van der Waals surface area contributed by atoms with Gasteiger partial charge in [0.15, 0.2) is 22.8 Å². The number of anilines is 1. The van der Waals surface area contributed by atoms with Gasteiger partial charge in [-0.05, 0) is 13.0 Å². The van der Waals surface area contributed by atoms with Gasteiger partial charge in [-0.1, -0.05) is 0 Å². The highest BCUT2D eigenvalue weighted by Crippen LogP contribution is 2.51. The fraction of sp³-hybridized carbons (Fsp3) is 0.364. The first kappa shape index (κ1) is 27.6. The van der Waals surface area contributed by atoms with Crippen LogP contribution in [-0.2, 0) is 25.7 Å². The van der Waals surface area contributed by atoms with Crippen molar-refractivity contribution >= 4 is 27.5 Å². The van der Waals surface area contributed by atoms with Crippen LogP contribution in [0.25, 0.3) is 16.9 Å². The van der Waals surface area contributed by atoms with Crippen molar-refractivity contribution in [3.8, 4) is 23.1 Å². The third-order valence-electron chi connectivity index (χ3n) is 6.59. The monoisotopic (exact) mass is 590 g/mol. The number of carbonyl (C=O) groups is 1. The molecule has 11 nitrogen and oxygen atoms in total. The second-order valence-electron chi connectivity index (χ2n) is 9.46. The molecule has 212 valence electrons. The zero-order chi connectivity index (χ0) is 29.5. The van der Waals surface area contributed by atoms with E-state index in [9.17, 15) is 44.8 Å². The molecule has 2 aromatic heterocycles. The number of halogens is 6. The Labute approximate surface area is 220 Å². The Hall–Kier alpha value is -3.95. The highest BCUT2D eigenvalue weighted by atomic mass is 32.2. The number of nitrogens with two attached hydrogens (primary N) is 1. The van der Waals surface area contributed by atoms with Crippen LogP contribution in [0.15, 0.2) is 29.4 Å². The molecule has 40 heavy (non-hydrogen) atoms. The fourth-order valence-corrected chi connectivity index (χ4v) is 6.20. The molecule has 3 aromatic rings. The summed E-state index contributed by atoms with van der Waals surface area (Å²) in [5.74, 6) is -4.11. The van der Waals surface area contributed by atoms with Gasteiger partial charge < -0.3 is 15.2 Å². The second-order valence-corrected chi connectivity index (χ2v) is 11.1. The number of ether oxygens (including phenoxy) is 2. The lowest BCUT2D eigenvalue weighted by Crippen LogP contribution is -2.59. The van der Waals surface area contributed by atoms with Gasteiger partial charge in [-0.25, -0.2) is 27.9 Å². The number of hydrogen-bond acceptors (Lipinski definition) is 9. The largest absolute Gasteiger partial charge is 0.491 e. The van der Waals surface area contributed by atoms with E-state index in [0.717, 1.165) is 16.7 Å². The summed E-state index contributed by atoms with van der Waals surface area (Å²) in [4.78, 5) is 18.1. The number of rotatable bonds is 5. The summed E-state index contributed by atoms with van der Waals surface area (Å²) in [6, 6.07) is 3.59. The van der Waals surface area contributed by atoms with Gasteiger partial charge >= 0.3 is 18.3 Å². The van der Waals surface area contributed by atoms with E-state index < -0.39 is 61.6 Å². The van der Waals surface area contributed by atoms with Crippen LogP contribution in [0.4, 0.5) is 32.2 Å². The molecule has 6 rings (SSSR count). The first-order valence-corrected chi connectivity index (χ1v) is 12.6. The van der Waals surface area contributed by atoms with Gasteiger partial charge in [-0.2, -0.15) is 31.6 Å². The highest BCUT2D eigenvalue weighted by molar-refractivity contribution is 7.89. The molecule has 2 bridgehead atoms. The van der Waals surface area contributed by atoms with Crippen LogP contribution in [0, 0.1) is 18.3 Å². The van der Waals surface area contributed by atoms with Crippen LogP contribution in [0.5, 0.6) is 5.75 Å². The molecule has 2 saturated heterocycles. The number of hydrogen-bond donors (Lipinski definition) is 2. The second kappa shape index (κ2) is 8.52. The summed E-state index contributed by atoms with van der Waals surface area (Å²) in [7, 11) is -4.57. The first-order valence-electron chi connectivity index (χ1n) is 11.1. The molecule has 1 aliphatic carbocycles. The molecule has 18 heteroatoms. The Balaban J connectivity index is 1.66. The standard InChI is InChI=1S/C22H16F6N6O5S/c1-10-12(13-4-31-17-16(30)32-15(5-34(13)17)21(23,24)25)2-11(3-14(10)39-18(35)22(26,27)28)40(36,37)33-19-6-20(7-19,8-29)38-9-19/h2-5,33H,6-7,9H2,1H3,(H2,30,32). The van der Waals surface area contributed by atoms with E-state index in [0.29, 0.717) is 12.3 Å². The normalized spacial score (nSPS) is 22.6. The van der Waals surface area contributed by atoms with E-state index >= 15 is 0 Å². The average molecular weight is 590 g/mol. The Morgan fingerprint density at radius 3 is 2.50 bits per heavy atom. The van der Waals surface area contributed by atoms with Crippen molar-refractivity contribution in [3.63, 3.8) is 0 Å². The quantitative estimate of drug-likeness (QED) is 0.259. The highest BCUT2D eigenvalue weighted by Gasteiger charge is 2.64. The predicted octanol–water partition coefficient (Wildman–Crippen LogP) is 2.88. The van der Waals surface area contributed by atoms with Gasteiger partial charge in [0.25, 0.3) is 0 Å². The Kier molecular flexibility index (Phi) is 5.88. The van der Waals surface area contributed by atoms with Gasteiger partial charge in [-0.3, -0.25) is 4.40 Å². The smallest absolute Gasteiger partial charge is 0.420 e. The first-order chi connectivity index (χ1) is 18.4. The zero-order valence-electron chi connectivity index (χ0n) is 20.0. The minimum absolute atomic E-state index is 0.0180. The summed E-state index contributed by atoms with van der Waals surface area (Å²) in [5, 5.41) is 9.24. The van der Waals surface area contributed by atoms with Gasteiger partial charge in [0.1, 0.15) is 5.75 Å². The van der Waals surface area contributed by atoms with Gasteiger partial charge in [-0.15, -0.1) is 0 Å². The summed E-state index contributed by atoms with van der Waals surface area (Å²) in [6.45, 7) is 1.03. The summed E-state index contributed by atoms with van der Waals surface area (Å²) in [6.07, 6.45) is -8.82. The molecule has 3 N–H and O–H groups in total. The minimum Gasteiger partial charge on any atom is -0.420 e. The molecule has 0 amide bonds. The summed E-state index contributed by atoms with van der Waals surface area (Å²) in [5.41, 5.74) is 0.952. The molecule has 3 fully saturated rings. The number of sulfonamides is 1. The molecule has 3 aliphatic rings. The van der Waals surface area contributed by atoms with Crippen LogP contribution in [-0.4, -0.2) is 52.7 Å². The lowest BCUT2D eigenvalue weighted by Gasteiger charge is -2.40. The van der Waals surface area contributed by atoms with E-state index in [2.05, 4.69) is 19.4 Å². The maximum absolute atomic E-state index is 13.4. The van der Waals surface area contributed by atoms with E-state index in [1.165, 1.54) is 6.92 Å². The van der Waals surface area contributed by atoms with Crippen molar-refractivity contribution in [2.75, 3.05) is 12.3 Å². The van der Waals surface area contributed by atoms with Gasteiger partial charge in [0.05, 0.1) is 35.0 Å². The number of aromatic nitrogens is 3. The maximum Gasteiger partial charge on any atom is 0.491 e. The minimum atomic E-state index is -5.45. The number of carbonyl (C=O) groups excluding carboxylic acids is 1. The Bertz CT molecular complexity index is 1720. The molecule has 0 unspecified atom stereocenters. The number of benzene rings is 1.